The van der Waals surface area contributed by atoms with Crippen molar-refractivity contribution in [2.45, 2.75) is 39.2 Å². The van der Waals surface area contributed by atoms with Crippen LogP contribution in [0.15, 0.2) is 9.59 Å². The lowest BCUT2D eigenvalue weighted by Crippen LogP contribution is -2.45. The van der Waals surface area contributed by atoms with Gasteiger partial charge in [-0.2, -0.15) is 13.2 Å². The van der Waals surface area contributed by atoms with E-state index in [9.17, 15) is 27.9 Å². The minimum atomic E-state index is -4.74. The highest BCUT2D eigenvalue weighted by atomic mass is 32.1. The first-order valence-electron chi connectivity index (χ1n) is 7.09. The smallest absolute Gasteiger partial charge is 0.391 e. The normalized spacial score (nSPS) is 13.6. The first-order valence-corrected chi connectivity index (χ1v) is 7.90. The Bertz CT molecular complexity index is 866. The van der Waals surface area contributed by atoms with Gasteiger partial charge >= 0.3 is 11.9 Å². The van der Waals surface area contributed by atoms with E-state index in [2.05, 4.69) is 0 Å². The number of aromatic nitrogens is 2. The van der Waals surface area contributed by atoms with Gasteiger partial charge in [0.25, 0.3) is 5.56 Å². The number of methoxy groups -OCH3 is 1. The van der Waals surface area contributed by atoms with E-state index >= 15 is 0 Å². The number of ether oxygens (including phenoxy) is 1. The molecule has 0 spiro atoms. The Morgan fingerprint density at radius 2 is 1.96 bits per heavy atom. The standard InChI is InChI=1S/C14H17F3N2O4S/c1-7-9(6-20)24-12-10(7)11(21)19(8(2)14(15,16)17)13(22)18(12)4-5-23-3/h8,20H,4-6H2,1-3H3/t8-/m1/s1. The maximum Gasteiger partial charge on any atom is 0.409 e. The summed E-state index contributed by atoms with van der Waals surface area (Å²) in [7, 11) is 1.40. The van der Waals surface area contributed by atoms with Crippen LogP contribution in [-0.4, -0.2) is 34.1 Å². The summed E-state index contributed by atoms with van der Waals surface area (Å²) in [4.78, 5) is 25.8. The molecule has 2 aromatic rings. The van der Waals surface area contributed by atoms with Gasteiger partial charge in [-0.3, -0.25) is 9.36 Å². The van der Waals surface area contributed by atoms with Gasteiger partial charge < -0.3 is 9.84 Å². The summed E-state index contributed by atoms with van der Waals surface area (Å²) in [6.07, 6.45) is -4.74. The van der Waals surface area contributed by atoms with Crippen LogP contribution in [0.4, 0.5) is 13.2 Å². The molecule has 0 aliphatic carbocycles. The quantitative estimate of drug-likeness (QED) is 0.876. The van der Waals surface area contributed by atoms with Gasteiger partial charge in [0.2, 0.25) is 0 Å². The van der Waals surface area contributed by atoms with E-state index in [-0.39, 0.29) is 34.5 Å². The van der Waals surface area contributed by atoms with E-state index in [4.69, 9.17) is 4.74 Å². The van der Waals surface area contributed by atoms with Crippen molar-refractivity contribution in [2.75, 3.05) is 13.7 Å². The van der Waals surface area contributed by atoms with Crippen molar-refractivity contribution in [1.29, 1.82) is 0 Å². The zero-order chi connectivity index (χ0) is 18.2. The Morgan fingerprint density at radius 1 is 1.33 bits per heavy atom. The van der Waals surface area contributed by atoms with Crippen LogP contribution in [0.1, 0.15) is 23.4 Å². The van der Waals surface area contributed by atoms with Crippen molar-refractivity contribution in [2.24, 2.45) is 0 Å². The maximum atomic E-state index is 13.1. The molecule has 24 heavy (non-hydrogen) atoms. The molecule has 2 heterocycles. The molecule has 0 unspecified atom stereocenters. The lowest BCUT2D eigenvalue weighted by atomic mass is 10.2. The van der Waals surface area contributed by atoms with Crippen LogP contribution in [0.2, 0.25) is 0 Å². The van der Waals surface area contributed by atoms with Crippen LogP contribution in [0.25, 0.3) is 10.2 Å². The highest BCUT2D eigenvalue weighted by Crippen LogP contribution is 2.31. The number of halogens is 3. The van der Waals surface area contributed by atoms with Crippen molar-refractivity contribution < 1.29 is 23.0 Å². The molecule has 0 aliphatic heterocycles. The number of fused-ring (bicyclic) bond motifs is 1. The van der Waals surface area contributed by atoms with Gasteiger partial charge in [-0.15, -0.1) is 11.3 Å². The summed E-state index contributed by atoms with van der Waals surface area (Å²) in [6, 6.07) is -2.26. The van der Waals surface area contributed by atoms with Crippen LogP contribution in [0, 0.1) is 6.92 Å². The average molecular weight is 366 g/mol. The second kappa shape index (κ2) is 6.69. The predicted molar refractivity (Wildman–Crippen MR) is 83.6 cm³/mol. The second-order valence-corrected chi connectivity index (χ2v) is 6.39. The lowest BCUT2D eigenvalue weighted by molar-refractivity contribution is -0.164. The van der Waals surface area contributed by atoms with Gasteiger partial charge in [-0.05, 0) is 19.4 Å². The molecule has 2 rings (SSSR count). The van der Waals surface area contributed by atoms with Crippen LogP contribution in [0.3, 0.4) is 0 Å². The molecule has 2 aromatic heterocycles. The lowest BCUT2D eigenvalue weighted by Gasteiger charge is -2.19. The topological polar surface area (TPSA) is 73.5 Å². The van der Waals surface area contributed by atoms with E-state index in [1.165, 1.54) is 7.11 Å². The molecule has 0 saturated heterocycles. The Hall–Kier alpha value is -1.65. The third kappa shape index (κ3) is 3.01. The number of aryl methyl sites for hydroxylation is 1. The molecule has 6 nitrogen and oxygen atoms in total. The molecular formula is C14H17F3N2O4S. The fourth-order valence-electron chi connectivity index (χ4n) is 2.43. The SMILES string of the molecule is COCCn1c(=O)n([C@H](C)C(F)(F)F)c(=O)c2c(C)c(CO)sc21. The van der Waals surface area contributed by atoms with Gasteiger partial charge in [-0.25, -0.2) is 9.36 Å². The van der Waals surface area contributed by atoms with Crippen LogP contribution >= 0.6 is 11.3 Å². The zero-order valence-electron chi connectivity index (χ0n) is 13.3. The van der Waals surface area contributed by atoms with Crippen molar-refractivity contribution in [1.82, 2.24) is 9.13 Å². The number of rotatable bonds is 5. The fraction of sp³-hybridized carbons (Fsp3) is 0.571. The molecule has 0 amide bonds. The Balaban J connectivity index is 2.92. The maximum absolute atomic E-state index is 13.1. The number of aliphatic hydroxyl groups excluding tert-OH is 1. The molecule has 0 fully saturated rings. The molecule has 0 bridgehead atoms. The van der Waals surface area contributed by atoms with E-state index in [0.29, 0.717) is 10.4 Å². The summed E-state index contributed by atoms with van der Waals surface area (Å²) in [6.45, 7) is 2.04. The van der Waals surface area contributed by atoms with Gasteiger partial charge in [-0.1, -0.05) is 0 Å². The largest absolute Gasteiger partial charge is 0.409 e. The number of thiophene rings is 1. The molecule has 0 aromatic carbocycles. The molecule has 0 saturated carbocycles. The fourth-order valence-corrected chi connectivity index (χ4v) is 3.60. The summed E-state index contributed by atoms with van der Waals surface area (Å²) in [5.74, 6) is 0. The number of aliphatic hydroxyl groups is 1. The van der Waals surface area contributed by atoms with Crippen molar-refractivity contribution in [3.8, 4) is 0 Å². The third-order valence-corrected chi connectivity index (χ3v) is 5.16. The first-order chi connectivity index (χ1) is 11.1. The van der Waals surface area contributed by atoms with E-state index < -0.39 is 23.5 Å². The van der Waals surface area contributed by atoms with Gasteiger partial charge in [0.05, 0.1) is 25.1 Å². The number of hydrogen-bond donors (Lipinski definition) is 1. The minimum absolute atomic E-state index is 0.00150. The average Bonchev–Trinajstić information content (AvgIpc) is 2.83. The first kappa shape index (κ1) is 18.7. The molecule has 134 valence electrons. The van der Waals surface area contributed by atoms with E-state index in [1.54, 1.807) is 6.92 Å². The zero-order valence-corrected chi connectivity index (χ0v) is 14.1. The van der Waals surface area contributed by atoms with Crippen LogP contribution < -0.4 is 11.2 Å². The predicted octanol–water partition coefficient (Wildman–Crippen LogP) is 1.80. The Morgan fingerprint density at radius 3 is 2.46 bits per heavy atom. The minimum Gasteiger partial charge on any atom is -0.391 e. The van der Waals surface area contributed by atoms with Crippen molar-refractivity contribution in [3.05, 3.63) is 31.3 Å². The molecule has 0 aliphatic rings. The molecule has 0 radical (unpaired) electrons. The highest BCUT2D eigenvalue weighted by Gasteiger charge is 2.40. The summed E-state index contributed by atoms with van der Waals surface area (Å²) >= 11 is 1.02. The monoisotopic (exact) mass is 366 g/mol. The summed E-state index contributed by atoms with van der Waals surface area (Å²) in [5, 5.41) is 9.39. The number of alkyl halides is 3. The summed E-state index contributed by atoms with van der Waals surface area (Å²) in [5.41, 5.74) is -1.65. The highest BCUT2D eigenvalue weighted by molar-refractivity contribution is 7.18. The molecule has 10 heteroatoms. The van der Waals surface area contributed by atoms with E-state index in [1.807, 2.05) is 0 Å². The van der Waals surface area contributed by atoms with Gasteiger partial charge in [0.1, 0.15) is 10.9 Å². The van der Waals surface area contributed by atoms with Gasteiger partial charge in [0.15, 0.2) is 0 Å². The van der Waals surface area contributed by atoms with Crippen molar-refractivity contribution in [3.63, 3.8) is 0 Å². The third-order valence-electron chi connectivity index (χ3n) is 3.87. The van der Waals surface area contributed by atoms with Crippen molar-refractivity contribution >= 4 is 21.6 Å². The van der Waals surface area contributed by atoms with Gasteiger partial charge in [0, 0.05) is 12.0 Å². The number of hydrogen-bond acceptors (Lipinski definition) is 5. The molecule has 1 N–H and O–H groups in total. The Labute approximate surface area is 138 Å². The molecule has 1 atom stereocenters. The molecular weight excluding hydrogens is 349 g/mol. The van der Waals surface area contributed by atoms with Crippen LogP contribution in [-0.2, 0) is 17.9 Å². The van der Waals surface area contributed by atoms with Crippen LogP contribution in [0.5, 0.6) is 0 Å². The Kier molecular flexibility index (Phi) is 5.21. The number of nitrogens with zero attached hydrogens (tertiary/aromatic N) is 2. The van der Waals surface area contributed by atoms with E-state index in [0.717, 1.165) is 22.8 Å². The second-order valence-electron chi connectivity index (χ2n) is 5.31. The summed E-state index contributed by atoms with van der Waals surface area (Å²) < 4.78 is 45.5.